The van der Waals surface area contributed by atoms with E-state index in [0.29, 0.717) is 6.61 Å². The first kappa shape index (κ1) is 8.97. The molecular weight excluding hydrogens is 168 g/mol. The summed E-state index contributed by atoms with van der Waals surface area (Å²) in [5.41, 5.74) is 0. The first-order valence-corrected chi connectivity index (χ1v) is 4.94. The van der Waals surface area contributed by atoms with Crippen LogP contribution < -0.4 is 0 Å². The van der Waals surface area contributed by atoms with Crippen molar-refractivity contribution in [1.29, 1.82) is 0 Å². The van der Waals surface area contributed by atoms with E-state index in [9.17, 15) is 4.79 Å². The van der Waals surface area contributed by atoms with Crippen molar-refractivity contribution in [3.05, 3.63) is 0 Å². The molecule has 0 aromatic rings. The number of hydrogen-bond acceptors (Lipinski definition) is 4. The third-order valence-electron chi connectivity index (χ3n) is 2.84. The Bertz CT molecular complexity index is 200. The van der Waals surface area contributed by atoms with Crippen LogP contribution in [-0.4, -0.2) is 61.1 Å². The maximum absolute atomic E-state index is 11.5. The average molecular weight is 184 g/mol. The zero-order valence-corrected chi connectivity index (χ0v) is 8.03. The van der Waals surface area contributed by atoms with Crippen LogP contribution in [0.25, 0.3) is 0 Å². The second-order valence-corrected chi connectivity index (χ2v) is 3.60. The van der Waals surface area contributed by atoms with Crippen molar-refractivity contribution in [2.45, 2.75) is 13.0 Å². The molecule has 74 valence electrons. The predicted molar refractivity (Wildman–Crippen MR) is 48.4 cm³/mol. The van der Waals surface area contributed by atoms with Gasteiger partial charge in [-0.2, -0.15) is 0 Å². The predicted octanol–water partition coefficient (Wildman–Crippen LogP) is -0.451. The quantitative estimate of drug-likeness (QED) is 0.544. The van der Waals surface area contributed by atoms with E-state index in [1.807, 2.05) is 6.92 Å². The van der Waals surface area contributed by atoms with Crippen molar-refractivity contribution in [3.63, 3.8) is 0 Å². The summed E-state index contributed by atoms with van der Waals surface area (Å²) in [4.78, 5) is 16.1. The fourth-order valence-corrected chi connectivity index (χ4v) is 2.08. The van der Waals surface area contributed by atoms with E-state index >= 15 is 0 Å². The molecule has 0 spiro atoms. The van der Waals surface area contributed by atoms with E-state index in [2.05, 4.69) is 9.80 Å². The van der Waals surface area contributed by atoms with Crippen molar-refractivity contribution in [1.82, 2.24) is 9.80 Å². The fraction of sp³-hybridized carbons (Fsp3) is 0.889. The minimum atomic E-state index is -0.0492. The molecule has 3 rings (SSSR count). The van der Waals surface area contributed by atoms with Crippen molar-refractivity contribution in [2.24, 2.45) is 0 Å². The maximum atomic E-state index is 11.5. The molecule has 0 aliphatic carbocycles. The van der Waals surface area contributed by atoms with Gasteiger partial charge in [0.15, 0.2) is 0 Å². The van der Waals surface area contributed by atoms with Gasteiger partial charge in [0, 0.05) is 32.7 Å². The molecule has 13 heavy (non-hydrogen) atoms. The normalized spacial score (nSPS) is 37.5. The highest BCUT2D eigenvalue weighted by Crippen LogP contribution is 2.16. The largest absolute Gasteiger partial charge is 0.465 e. The molecule has 3 fully saturated rings. The van der Waals surface area contributed by atoms with Gasteiger partial charge in [-0.1, -0.05) is 0 Å². The van der Waals surface area contributed by atoms with Gasteiger partial charge in [0.2, 0.25) is 0 Å². The number of hydrogen-bond donors (Lipinski definition) is 0. The fourth-order valence-electron chi connectivity index (χ4n) is 2.08. The zero-order chi connectivity index (χ0) is 9.26. The van der Waals surface area contributed by atoms with Crippen LogP contribution in [-0.2, 0) is 9.53 Å². The van der Waals surface area contributed by atoms with E-state index in [4.69, 9.17) is 4.74 Å². The van der Waals surface area contributed by atoms with Gasteiger partial charge >= 0.3 is 5.97 Å². The highest BCUT2D eigenvalue weighted by atomic mass is 16.5. The standard InChI is InChI=1S/C9H16N2O2/c1-2-13-9(12)8-7-10-3-5-11(8)6-4-10/h8H,2-7H2,1H3/t8-/m0/s1. The van der Waals surface area contributed by atoms with Gasteiger partial charge in [-0.25, -0.2) is 0 Å². The van der Waals surface area contributed by atoms with Crippen molar-refractivity contribution >= 4 is 5.97 Å². The Morgan fingerprint density at radius 3 is 2.54 bits per heavy atom. The van der Waals surface area contributed by atoms with E-state index in [0.717, 1.165) is 32.7 Å². The molecule has 4 nitrogen and oxygen atoms in total. The van der Waals surface area contributed by atoms with Crippen LogP contribution in [0.5, 0.6) is 0 Å². The topological polar surface area (TPSA) is 32.8 Å². The third-order valence-corrected chi connectivity index (χ3v) is 2.84. The average Bonchev–Trinajstić information content (AvgIpc) is 2.20. The Balaban J connectivity index is 1.96. The summed E-state index contributed by atoms with van der Waals surface area (Å²) in [6.45, 7) is 7.45. The second-order valence-electron chi connectivity index (χ2n) is 3.60. The minimum absolute atomic E-state index is 0.00227. The molecule has 0 amide bonds. The highest BCUT2D eigenvalue weighted by Gasteiger charge is 2.36. The molecular formula is C9H16N2O2. The second kappa shape index (κ2) is 3.64. The van der Waals surface area contributed by atoms with Crippen LogP contribution in [0.2, 0.25) is 0 Å². The lowest BCUT2D eigenvalue weighted by Crippen LogP contribution is -2.63. The molecule has 0 saturated carbocycles. The lowest BCUT2D eigenvalue weighted by Gasteiger charge is -2.45. The van der Waals surface area contributed by atoms with Crippen LogP contribution in [0.4, 0.5) is 0 Å². The molecule has 0 unspecified atom stereocenters. The molecule has 3 saturated heterocycles. The van der Waals surface area contributed by atoms with Crippen LogP contribution in [0.15, 0.2) is 0 Å². The molecule has 3 heterocycles. The lowest BCUT2D eigenvalue weighted by molar-refractivity contribution is -0.154. The van der Waals surface area contributed by atoms with Crippen LogP contribution in [0.1, 0.15) is 6.92 Å². The first-order valence-electron chi connectivity index (χ1n) is 4.94. The summed E-state index contributed by atoms with van der Waals surface area (Å²) >= 11 is 0. The van der Waals surface area contributed by atoms with Gasteiger partial charge in [0.1, 0.15) is 6.04 Å². The number of carbonyl (C=O) groups is 1. The molecule has 3 aliphatic rings. The summed E-state index contributed by atoms with van der Waals surface area (Å²) in [5, 5.41) is 0. The molecule has 2 bridgehead atoms. The van der Waals surface area contributed by atoms with E-state index < -0.39 is 0 Å². The summed E-state index contributed by atoms with van der Waals surface area (Å²) in [5.74, 6) is -0.0492. The number of piperazine rings is 3. The number of ether oxygens (including phenoxy) is 1. The Morgan fingerprint density at radius 1 is 1.38 bits per heavy atom. The van der Waals surface area contributed by atoms with Crippen molar-refractivity contribution in [3.8, 4) is 0 Å². The van der Waals surface area contributed by atoms with Gasteiger partial charge < -0.3 is 4.74 Å². The molecule has 0 aromatic carbocycles. The zero-order valence-electron chi connectivity index (χ0n) is 8.03. The molecule has 0 radical (unpaired) electrons. The van der Waals surface area contributed by atoms with Gasteiger partial charge in [0.25, 0.3) is 0 Å². The summed E-state index contributed by atoms with van der Waals surface area (Å²) in [7, 11) is 0. The smallest absolute Gasteiger partial charge is 0.324 e. The van der Waals surface area contributed by atoms with Crippen LogP contribution in [0, 0.1) is 0 Å². The maximum Gasteiger partial charge on any atom is 0.324 e. The number of esters is 1. The van der Waals surface area contributed by atoms with Crippen LogP contribution in [0.3, 0.4) is 0 Å². The Morgan fingerprint density at radius 2 is 2.08 bits per heavy atom. The monoisotopic (exact) mass is 184 g/mol. The molecule has 4 heteroatoms. The van der Waals surface area contributed by atoms with E-state index in [-0.39, 0.29) is 12.0 Å². The summed E-state index contributed by atoms with van der Waals surface area (Å²) in [6, 6.07) is 0.00227. The van der Waals surface area contributed by atoms with E-state index in [1.165, 1.54) is 0 Å². The van der Waals surface area contributed by atoms with Gasteiger partial charge in [-0.15, -0.1) is 0 Å². The molecule has 0 N–H and O–H groups in total. The van der Waals surface area contributed by atoms with Gasteiger partial charge in [0.05, 0.1) is 6.61 Å². The molecule has 0 aromatic heterocycles. The van der Waals surface area contributed by atoms with Crippen molar-refractivity contribution in [2.75, 3.05) is 39.3 Å². The molecule has 3 aliphatic heterocycles. The number of fused-ring (bicyclic) bond motifs is 3. The van der Waals surface area contributed by atoms with Gasteiger partial charge in [-0.05, 0) is 6.92 Å². The van der Waals surface area contributed by atoms with E-state index in [1.54, 1.807) is 0 Å². The Kier molecular flexibility index (Phi) is 2.51. The van der Waals surface area contributed by atoms with Gasteiger partial charge in [-0.3, -0.25) is 14.6 Å². The highest BCUT2D eigenvalue weighted by molar-refractivity contribution is 5.76. The lowest BCUT2D eigenvalue weighted by atomic mass is 10.1. The SMILES string of the molecule is CCOC(=O)[C@@H]1CN2CCN1CC2. The first-order chi connectivity index (χ1) is 6.31. The molecule has 1 atom stereocenters. The van der Waals surface area contributed by atoms with Crippen molar-refractivity contribution < 1.29 is 9.53 Å². The Hall–Kier alpha value is -0.610. The minimum Gasteiger partial charge on any atom is -0.465 e. The third kappa shape index (κ3) is 1.69. The Labute approximate surface area is 78.4 Å². The summed E-state index contributed by atoms with van der Waals surface area (Å²) in [6.07, 6.45) is 0. The number of nitrogens with zero attached hydrogens (tertiary/aromatic N) is 2. The van der Waals surface area contributed by atoms with Crippen LogP contribution >= 0.6 is 0 Å². The summed E-state index contributed by atoms with van der Waals surface area (Å²) < 4.78 is 5.03. The number of rotatable bonds is 2. The number of carbonyl (C=O) groups excluding carboxylic acids is 1.